The zero-order valence-corrected chi connectivity index (χ0v) is 19.9. The molecule has 0 unspecified atom stereocenters. The van der Waals surface area contributed by atoms with Crippen LogP contribution in [0.4, 0.5) is 0 Å². The maximum atomic E-state index is 12.6. The lowest BCUT2D eigenvalue weighted by atomic mass is 10.2. The topological polar surface area (TPSA) is 74.3 Å². The summed E-state index contributed by atoms with van der Waals surface area (Å²) in [7, 11) is 1.65. The van der Waals surface area contributed by atoms with Crippen LogP contribution in [0.25, 0.3) is 22.7 Å². The number of thioether (sulfide) groups is 1. The zero-order chi connectivity index (χ0) is 23.7. The summed E-state index contributed by atoms with van der Waals surface area (Å²) in [6, 6.07) is 21.4. The molecule has 0 saturated carbocycles. The molecule has 2 aromatic carbocycles. The minimum absolute atomic E-state index is 0.0977. The van der Waals surface area contributed by atoms with E-state index in [2.05, 4.69) is 46.4 Å². The van der Waals surface area contributed by atoms with Crippen molar-refractivity contribution < 1.29 is 4.74 Å². The second-order valence-electron chi connectivity index (χ2n) is 8.01. The first-order valence-electron chi connectivity index (χ1n) is 10.8. The van der Waals surface area contributed by atoms with Gasteiger partial charge in [0.15, 0.2) is 11.0 Å². The highest BCUT2D eigenvalue weighted by atomic mass is 32.2. The van der Waals surface area contributed by atoms with Crippen molar-refractivity contribution >= 4 is 17.4 Å². The first-order valence-corrected chi connectivity index (χ1v) is 11.8. The molecule has 0 atom stereocenters. The number of fused-ring (bicyclic) bond motifs is 1. The molecular formula is C26H23N5O2S. The first kappa shape index (κ1) is 21.9. The summed E-state index contributed by atoms with van der Waals surface area (Å²) in [5, 5.41) is 9.70. The number of methoxy groups -OCH3 is 1. The number of pyridine rings is 1. The molecule has 170 valence electrons. The van der Waals surface area contributed by atoms with E-state index in [0.717, 1.165) is 33.5 Å². The summed E-state index contributed by atoms with van der Waals surface area (Å²) in [6.07, 6.45) is 1.76. The lowest BCUT2D eigenvalue weighted by molar-refractivity contribution is 0.415. The van der Waals surface area contributed by atoms with Crippen LogP contribution in [0.2, 0.25) is 0 Å². The zero-order valence-electron chi connectivity index (χ0n) is 19.1. The van der Waals surface area contributed by atoms with Crippen LogP contribution in [0.15, 0.2) is 82.9 Å². The van der Waals surface area contributed by atoms with Crippen molar-refractivity contribution in [3.63, 3.8) is 0 Å². The Morgan fingerprint density at radius 2 is 1.68 bits per heavy atom. The molecule has 3 heterocycles. The minimum Gasteiger partial charge on any atom is -0.497 e. The highest BCUT2D eigenvalue weighted by Gasteiger charge is 2.17. The molecule has 0 saturated heterocycles. The van der Waals surface area contributed by atoms with Crippen LogP contribution in [0.3, 0.4) is 0 Å². The van der Waals surface area contributed by atoms with Gasteiger partial charge in [0.05, 0.1) is 12.8 Å². The number of nitrogens with zero attached hydrogens (tertiary/aromatic N) is 5. The second kappa shape index (κ2) is 9.15. The normalized spacial score (nSPS) is 11.1. The van der Waals surface area contributed by atoms with Gasteiger partial charge in [-0.1, -0.05) is 29.5 Å². The van der Waals surface area contributed by atoms with Gasteiger partial charge in [-0.2, -0.15) is 0 Å². The molecule has 0 radical (unpaired) electrons. The molecule has 0 amide bonds. The van der Waals surface area contributed by atoms with Crippen molar-refractivity contribution in [2.45, 2.75) is 24.8 Å². The van der Waals surface area contributed by atoms with Gasteiger partial charge in [0.25, 0.3) is 5.56 Å². The van der Waals surface area contributed by atoms with Crippen LogP contribution in [-0.4, -0.2) is 31.3 Å². The number of aryl methyl sites for hydroxylation is 2. The molecule has 34 heavy (non-hydrogen) atoms. The van der Waals surface area contributed by atoms with Gasteiger partial charge in [-0.25, -0.2) is 4.98 Å². The average molecular weight is 470 g/mol. The lowest BCUT2D eigenvalue weighted by Gasteiger charge is -2.11. The number of hydrogen-bond donors (Lipinski definition) is 0. The van der Waals surface area contributed by atoms with Gasteiger partial charge in [0.2, 0.25) is 0 Å². The minimum atomic E-state index is -0.0977. The van der Waals surface area contributed by atoms with Crippen LogP contribution in [0.5, 0.6) is 5.75 Å². The Labute approximate surface area is 201 Å². The van der Waals surface area contributed by atoms with Gasteiger partial charge < -0.3 is 4.74 Å². The summed E-state index contributed by atoms with van der Waals surface area (Å²) < 4.78 is 8.88. The third-order valence-corrected chi connectivity index (χ3v) is 6.46. The Morgan fingerprint density at radius 1 is 0.912 bits per heavy atom. The number of benzene rings is 2. The van der Waals surface area contributed by atoms with Crippen molar-refractivity contribution in [1.82, 2.24) is 24.1 Å². The highest BCUT2D eigenvalue weighted by molar-refractivity contribution is 7.98. The van der Waals surface area contributed by atoms with Crippen LogP contribution in [-0.2, 0) is 5.75 Å². The van der Waals surface area contributed by atoms with Gasteiger partial charge in [-0.05, 0) is 67.9 Å². The molecule has 0 aliphatic heterocycles. The summed E-state index contributed by atoms with van der Waals surface area (Å²) in [4.78, 5) is 17.2. The van der Waals surface area contributed by atoms with Crippen LogP contribution >= 0.6 is 11.8 Å². The smallest absolute Gasteiger partial charge is 0.258 e. The Kier molecular flexibility index (Phi) is 5.90. The van der Waals surface area contributed by atoms with E-state index in [1.54, 1.807) is 23.8 Å². The van der Waals surface area contributed by atoms with Crippen LogP contribution in [0.1, 0.15) is 16.8 Å². The summed E-state index contributed by atoms with van der Waals surface area (Å²) in [6.45, 7) is 4.04. The van der Waals surface area contributed by atoms with E-state index in [0.29, 0.717) is 17.1 Å². The molecule has 3 aromatic heterocycles. The van der Waals surface area contributed by atoms with Crippen molar-refractivity contribution in [2.24, 2.45) is 0 Å². The lowest BCUT2D eigenvalue weighted by Crippen LogP contribution is -2.15. The molecule has 5 aromatic rings. The summed E-state index contributed by atoms with van der Waals surface area (Å²) in [5.41, 5.74) is 5.36. The second-order valence-corrected chi connectivity index (χ2v) is 8.95. The van der Waals surface area contributed by atoms with E-state index < -0.39 is 0 Å². The van der Waals surface area contributed by atoms with E-state index in [1.165, 1.54) is 17.3 Å². The predicted molar refractivity (Wildman–Crippen MR) is 134 cm³/mol. The molecule has 0 fully saturated rings. The average Bonchev–Trinajstić information content (AvgIpc) is 3.27. The van der Waals surface area contributed by atoms with E-state index >= 15 is 0 Å². The Bertz CT molecular complexity index is 1520. The van der Waals surface area contributed by atoms with Gasteiger partial charge >= 0.3 is 0 Å². The maximum absolute atomic E-state index is 12.6. The van der Waals surface area contributed by atoms with E-state index in [1.807, 2.05) is 47.9 Å². The fourth-order valence-corrected chi connectivity index (χ4v) is 4.53. The van der Waals surface area contributed by atoms with Gasteiger partial charge in [-0.15, -0.1) is 10.2 Å². The first-order chi connectivity index (χ1) is 16.5. The molecule has 5 rings (SSSR count). The third kappa shape index (κ3) is 4.32. The number of ether oxygens (including phenoxy) is 1. The van der Waals surface area contributed by atoms with Crippen molar-refractivity contribution in [3.8, 4) is 22.8 Å². The van der Waals surface area contributed by atoms with E-state index in [9.17, 15) is 4.79 Å². The molecule has 8 heteroatoms. The summed E-state index contributed by atoms with van der Waals surface area (Å²) >= 11 is 1.50. The largest absolute Gasteiger partial charge is 0.497 e. The van der Waals surface area contributed by atoms with Crippen molar-refractivity contribution in [3.05, 3.63) is 100 Å². The third-order valence-electron chi connectivity index (χ3n) is 5.50. The maximum Gasteiger partial charge on any atom is 0.258 e. The highest BCUT2D eigenvalue weighted by Crippen LogP contribution is 2.30. The SMILES string of the molecule is COc1ccc(-c2nnc(SCc3cc(=O)n4ccc(C)cc4n3)n2-c2ccc(C)cc2)cc1. The van der Waals surface area contributed by atoms with Gasteiger partial charge in [0, 0.05) is 29.3 Å². The molecule has 0 N–H and O–H groups in total. The Balaban J connectivity index is 1.52. The quantitative estimate of drug-likeness (QED) is 0.331. The van der Waals surface area contributed by atoms with E-state index in [-0.39, 0.29) is 5.56 Å². The van der Waals surface area contributed by atoms with Gasteiger partial charge in [-0.3, -0.25) is 13.8 Å². The Morgan fingerprint density at radius 3 is 2.41 bits per heavy atom. The molecule has 0 spiro atoms. The monoisotopic (exact) mass is 469 g/mol. The number of rotatable bonds is 6. The Hall–Kier alpha value is -3.91. The molecule has 0 aliphatic rings. The summed E-state index contributed by atoms with van der Waals surface area (Å²) in [5.74, 6) is 2.01. The fraction of sp³-hybridized carbons (Fsp3) is 0.154. The van der Waals surface area contributed by atoms with Gasteiger partial charge in [0.1, 0.15) is 11.4 Å². The van der Waals surface area contributed by atoms with E-state index in [4.69, 9.17) is 4.74 Å². The van der Waals surface area contributed by atoms with Crippen LogP contribution < -0.4 is 10.3 Å². The molecular weight excluding hydrogens is 446 g/mol. The van der Waals surface area contributed by atoms with Crippen molar-refractivity contribution in [1.29, 1.82) is 0 Å². The van der Waals surface area contributed by atoms with Crippen molar-refractivity contribution in [2.75, 3.05) is 7.11 Å². The molecule has 0 aliphatic carbocycles. The number of aromatic nitrogens is 5. The number of hydrogen-bond acceptors (Lipinski definition) is 6. The standard InChI is InChI=1S/C26H23N5O2S/c1-17-4-8-21(9-5-17)31-25(19-6-10-22(33-3)11-7-19)28-29-26(31)34-16-20-15-24(32)30-13-12-18(2)14-23(30)27-20/h4-15H,16H2,1-3H3. The predicted octanol–water partition coefficient (Wildman–Crippen LogP) is 4.86. The molecule has 0 bridgehead atoms. The molecule has 7 nitrogen and oxygen atoms in total. The van der Waals surface area contributed by atoms with Crippen LogP contribution in [0, 0.1) is 13.8 Å². The fourth-order valence-electron chi connectivity index (χ4n) is 3.68.